The molecule has 1 aromatic rings. The number of fused-ring (bicyclic) bond motifs is 2. The van der Waals surface area contributed by atoms with Gasteiger partial charge in [-0.3, -0.25) is 0 Å². The normalized spacial score (nSPS) is 21.5. The van der Waals surface area contributed by atoms with Gasteiger partial charge in [-0.15, -0.1) is 0 Å². The average molecular weight is 178 g/mol. The predicted octanol–water partition coefficient (Wildman–Crippen LogP) is 0.780. The highest BCUT2D eigenvalue weighted by atomic mass is 19.1. The van der Waals surface area contributed by atoms with E-state index in [9.17, 15) is 4.39 Å². The maximum Gasteiger partial charge on any atom is 0.196 e. The number of rotatable bonds is 0. The van der Waals surface area contributed by atoms with Crippen molar-refractivity contribution in [2.24, 2.45) is 10.8 Å². The van der Waals surface area contributed by atoms with E-state index in [1.807, 2.05) is 6.07 Å². The Kier molecular flexibility index (Phi) is 1.03. The minimum absolute atomic E-state index is 0.263. The van der Waals surface area contributed by atoms with Crippen LogP contribution in [-0.2, 0) is 0 Å². The van der Waals surface area contributed by atoms with Crippen LogP contribution in [0.25, 0.3) is 0 Å². The van der Waals surface area contributed by atoms with Gasteiger partial charge in [-0.05, 0) is 6.07 Å². The number of nitrogens with two attached hydrogens (primary N) is 1. The van der Waals surface area contributed by atoms with Crippen molar-refractivity contribution in [2.45, 2.75) is 0 Å². The van der Waals surface area contributed by atoms with E-state index in [0.717, 1.165) is 18.8 Å². The number of nitrogens with zero attached hydrogens (tertiary/aromatic N) is 2. The van der Waals surface area contributed by atoms with Gasteiger partial charge in [0.1, 0.15) is 11.4 Å². The maximum absolute atomic E-state index is 13.3. The molecule has 66 valence electrons. The van der Waals surface area contributed by atoms with Gasteiger partial charge in [0.15, 0.2) is 24.6 Å². The molecule has 1 saturated heterocycles. The van der Waals surface area contributed by atoms with E-state index in [4.69, 9.17) is 5.73 Å². The summed E-state index contributed by atoms with van der Waals surface area (Å²) in [6.07, 6.45) is 0. The van der Waals surface area contributed by atoms with Crippen LogP contribution in [0.4, 0.5) is 10.1 Å². The van der Waals surface area contributed by atoms with E-state index in [1.54, 1.807) is 6.07 Å². The topological polar surface area (TPSA) is 38.4 Å². The molecule has 0 saturated carbocycles. The lowest BCUT2D eigenvalue weighted by molar-refractivity contribution is 0.585. The van der Waals surface area contributed by atoms with Crippen LogP contribution in [0, 0.1) is 5.82 Å². The first-order valence-corrected chi connectivity index (χ1v) is 4.25. The molecule has 0 aliphatic carbocycles. The fourth-order valence-electron chi connectivity index (χ4n) is 1.86. The summed E-state index contributed by atoms with van der Waals surface area (Å²) < 4.78 is 13.9. The Morgan fingerprint density at radius 2 is 2.15 bits per heavy atom. The largest absolute Gasteiger partial charge is 0.379 e. The molecule has 2 N–H and O–H groups in total. The molecule has 1 fully saturated rings. The van der Waals surface area contributed by atoms with Gasteiger partial charge in [0, 0.05) is 6.07 Å². The van der Waals surface area contributed by atoms with Crippen molar-refractivity contribution in [3.8, 4) is 0 Å². The minimum atomic E-state index is -0.263. The van der Waals surface area contributed by atoms with E-state index >= 15 is 0 Å². The van der Waals surface area contributed by atoms with E-state index in [1.165, 1.54) is 6.07 Å². The van der Waals surface area contributed by atoms with Crippen molar-refractivity contribution in [1.82, 2.24) is 4.59 Å². The van der Waals surface area contributed by atoms with Crippen molar-refractivity contribution >= 4 is 11.5 Å². The number of benzene rings is 1. The lowest BCUT2D eigenvalue weighted by Gasteiger charge is -2.04. The molecular weight excluding hydrogens is 169 g/mol. The Morgan fingerprint density at radius 1 is 1.38 bits per heavy atom. The molecule has 0 amide bonds. The van der Waals surface area contributed by atoms with Gasteiger partial charge in [-0.1, -0.05) is 11.2 Å². The Bertz CT molecular complexity index is 421. The molecule has 2 heterocycles. The van der Waals surface area contributed by atoms with Crippen LogP contribution < -0.4 is 10.3 Å². The molecule has 2 aliphatic heterocycles. The minimum Gasteiger partial charge on any atom is -0.379 e. The second kappa shape index (κ2) is 1.90. The van der Waals surface area contributed by atoms with E-state index in [2.05, 4.69) is 5.10 Å². The average Bonchev–Trinajstić information content (AvgIpc) is 2.78. The molecule has 1 aromatic carbocycles. The maximum atomic E-state index is 13.3. The predicted molar refractivity (Wildman–Crippen MR) is 48.7 cm³/mol. The molecule has 3 rings (SSSR count). The Balaban J connectivity index is 2.32. The molecule has 2 aliphatic rings. The Labute approximate surface area is 74.9 Å². The molecule has 0 bridgehead atoms. The molecule has 0 radical (unpaired) electrons. The van der Waals surface area contributed by atoms with E-state index in [0.29, 0.717) is 16.0 Å². The van der Waals surface area contributed by atoms with Crippen LogP contribution in [-0.4, -0.2) is 18.9 Å². The van der Waals surface area contributed by atoms with Gasteiger partial charge in [0.05, 0.1) is 0 Å². The molecule has 13 heavy (non-hydrogen) atoms. The van der Waals surface area contributed by atoms with Gasteiger partial charge in [-0.25, -0.2) is 4.39 Å². The number of halogens is 1. The number of hydrogen-bond acceptors (Lipinski definition) is 2. The number of quaternary nitrogens is 1. The second-order valence-corrected chi connectivity index (χ2v) is 3.49. The summed E-state index contributed by atoms with van der Waals surface area (Å²) in [6, 6.07) is 5.03. The molecule has 0 unspecified atom stereocenters. The second-order valence-electron chi connectivity index (χ2n) is 3.49. The van der Waals surface area contributed by atoms with Crippen molar-refractivity contribution in [3.05, 3.63) is 29.6 Å². The lowest BCUT2D eigenvalue weighted by Crippen LogP contribution is -2.15. The summed E-state index contributed by atoms with van der Waals surface area (Å²) in [7, 11) is 0. The zero-order valence-corrected chi connectivity index (χ0v) is 7.00. The molecule has 1 spiro atoms. The van der Waals surface area contributed by atoms with Crippen LogP contribution in [0.3, 0.4) is 0 Å². The first kappa shape index (κ1) is 7.03. The Morgan fingerprint density at radius 3 is 2.85 bits per heavy atom. The van der Waals surface area contributed by atoms with Crippen molar-refractivity contribution < 1.29 is 4.39 Å². The van der Waals surface area contributed by atoms with Crippen LogP contribution in [0.1, 0.15) is 5.56 Å². The first-order valence-electron chi connectivity index (χ1n) is 4.25. The standard InChI is InChI=1S/C9H9FN3/c10-6-2-1-3-7-8(6)9(11)12-13(7)4-5-13/h1-3H,4-5H2,(H2,11,12)/q+1. The third-order valence-electron chi connectivity index (χ3n) is 2.64. The van der Waals surface area contributed by atoms with Crippen LogP contribution >= 0.6 is 0 Å². The monoisotopic (exact) mass is 178 g/mol. The fourth-order valence-corrected chi connectivity index (χ4v) is 1.86. The highest BCUT2D eigenvalue weighted by Crippen LogP contribution is 2.41. The summed E-state index contributed by atoms with van der Waals surface area (Å²) in [5, 5.41) is 4.25. The van der Waals surface area contributed by atoms with Crippen molar-refractivity contribution in [1.29, 1.82) is 0 Å². The number of hydrogen-bond donors (Lipinski definition) is 1. The summed E-state index contributed by atoms with van der Waals surface area (Å²) in [4.78, 5) is 0. The third-order valence-corrected chi connectivity index (χ3v) is 2.64. The summed E-state index contributed by atoms with van der Waals surface area (Å²) in [5.41, 5.74) is 7.07. The highest BCUT2D eigenvalue weighted by Gasteiger charge is 2.53. The highest BCUT2D eigenvalue weighted by molar-refractivity contribution is 6.05. The molecule has 0 aromatic heterocycles. The van der Waals surface area contributed by atoms with Crippen molar-refractivity contribution in [3.63, 3.8) is 0 Å². The van der Waals surface area contributed by atoms with Gasteiger partial charge in [-0.2, -0.15) is 4.59 Å². The first-order chi connectivity index (χ1) is 6.23. The molecule has 3 nitrogen and oxygen atoms in total. The lowest BCUT2D eigenvalue weighted by atomic mass is 10.1. The van der Waals surface area contributed by atoms with Crippen LogP contribution in [0.5, 0.6) is 0 Å². The summed E-state index contributed by atoms with van der Waals surface area (Å²) in [5.74, 6) is 0.0752. The van der Waals surface area contributed by atoms with Crippen LogP contribution in [0.15, 0.2) is 23.3 Å². The zero-order chi connectivity index (χ0) is 9.05. The van der Waals surface area contributed by atoms with Gasteiger partial charge in [0.25, 0.3) is 0 Å². The molecule has 4 heteroatoms. The SMILES string of the molecule is NC1=N[N+]2(CC2)c2cccc(F)c21. The summed E-state index contributed by atoms with van der Waals surface area (Å²) >= 11 is 0. The van der Waals surface area contributed by atoms with E-state index in [-0.39, 0.29) is 5.82 Å². The van der Waals surface area contributed by atoms with Gasteiger partial charge in [0.2, 0.25) is 0 Å². The van der Waals surface area contributed by atoms with Gasteiger partial charge >= 0.3 is 0 Å². The van der Waals surface area contributed by atoms with Gasteiger partial charge < -0.3 is 5.73 Å². The smallest absolute Gasteiger partial charge is 0.196 e. The Hall–Kier alpha value is -1.42. The van der Waals surface area contributed by atoms with Crippen molar-refractivity contribution in [2.75, 3.05) is 13.1 Å². The summed E-state index contributed by atoms with van der Waals surface area (Å²) in [6.45, 7) is 1.88. The van der Waals surface area contributed by atoms with Crippen LogP contribution in [0.2, 0.25) is 0 Å². The quantitative estimate of drug-likeness (QED) is 0.462. The van der Waals surface area contributed by atoms with E-state index < -0.39 is 0 Å². The third kappa shape index (κ3) is 0.734. The fraction of sp³-hybridized carbons (Fsp3) is 0.222. The molecule has 0 atom stereocenters. The number of amidine groups is 1. The zero-order valence-electron chi connectivity index (χ0n) is 7.00. The molecular formula is C9H9FN3+.